The molecule has 10 heteroatoms. The van der Waals surface area contributed by atoms with Gasteiger partial charge in [0, 0.05) is 37.7 Å². The van der Waals surface area contributed by atoms with Crippen molar-refractivity contribution in [2.75, 3.05) is 26.2 Å². The molecule has 1 amide bonds. The maximum atomic E-state index is 12.9. The summed E-state index contributed by atoms with van der Waals surface area (Å²) in [6, 6.07) is 7.93. The fourth-order valence-corrected chi connectivity index (χ4v) is 5.35. The largest absolute Gasteiger partial charge is 0.472 e. The quantitative estimate of drug-likeness (QED) is 0.534. The molecule has 0 radical (unpaired) electrons. The Kier molecular flexibility index (Phi) is 6.43. The van der Waals surface area contributed by atoms with E-state index in [9.17, 15) is 13.2 Å². The summed E-state index contributed by atoms with van der Waals surface area (Å²) in [7, 11) is -3.54. The van der Waals surface area contributed by atoms with Crippen LogP contribution in [-0.4, -0.2) is 59.9 Å². The third kappa shape index (κ3) is 4.33. The van der Waals surface area contributed by atoms with E-state index in [2.05, 4.69) is 10.2 Å². The molecule has 0 aliphatic carbocycles. The molecule has 0 spiro atoms. The van der Waals surface area contributed by atoms with Gasteiger partial charge in [-0.15, -0.1) is 10.2 Å². The van der Waals surface area contributed by atoms with Gasteiger partial charge >= 0.3 is 0 Å². The Morgan fingerprint density at radius 2 is 1.78 bits per heavy atom. The lowest BCUT2D eigenvalue weighted by atomic mass is 9.96. The summed E-state index contributed by atoms with van der Waals surface area (Å²) in [5.74, 6) is 0.972. The lowest BCUT2D eigenvalue weighted by Gasteiger charge is -2.30. The van der Waals surface area contributed by atoms with E-state index < -0.39 is 10.0 Å². The molecular formula is C22H26N4O5S. The summed E-state index contributed by atoms with van der Waals surface area (Å²) >= 11 is 0. The van der Waals surface area contributed by atoms with Crippen molar-refractivity contribution < 1.29 is 22.0 Å². The molecule has 32 heavy (non-hydrogen) atoms. The lowest BCUT2D eigenvalue weighted by molar-refractivity contribution is 0.0706. The van der Waals surface area contributed by atoms with E-state index >= 15 is 0 Å². The maximum absolute atomic E-state index is 12.9. The minimum absolute atomic E-state index is 0.0915. The molecule has 0 bridgehead atoms. The molecule has 9 nitrogen and oxygen atoms in total. The topological polar surface area (TPSA) is 110 Å². The highest BCUT2D eigenvalue weighted by Gasteiger charge is 2.28. The maximum Gasteiger partial charge on any atom is 0.253 e. The first-order valence-electron chi connectivity index (χ1n) is 10.7. The molecule has 1 aliphatic rings. The Labute approximate surface area is 187 Å². The van der Waals surface area contributed by atoms with E-state index in [1.165, 1.54) is 16.4 Å². The number of carbonyl (C=O) groups is 1. The molecule has 1 aliphatic heterocycles. The molecule has 0 unspecified atom stereocenters. The molecule has 1 fully saturated rings. The summed E-state index contributed by atoms with van der Waals surface area (Å²) in [5, 5.41) is 8.24. The number of furan rings is 1. The number of sulfonamides is 1. The second kappa shape index (κ2) is 9.25. The van der Waals surface area contributed by atoms with Gasteiger partial charge < -0.3 is 13.7 Å². The number of hydrogen-bond acceptors (Lipinski definition) is 7. The van der Waals surface area contributed by atoms with E-state index in [-0.39, 0.29) is 16.7 Å². The molecule has 3 heterocycles. The molecule has 0 atom stereocenters. The zero-order valence-corrected chi connectivity index (χ0v) is 18.9. The van der Waals surface area contributed by atoms with Crippen LogP contribution in [-0.2, 0) is 10.0 Å². The summed E-state index contributed by atoms with van der Waals surface area (Å²) in [6.45, 7) is 5.53. The van der Waals surface area contributed by atoms with Crippen LogP contribution in [0, 0.1) is 0 Å². The van der Waals surface area contributed by atoms with Crippen LogP contribution in [0.5, 0.6) is 0 Å². The summed E-state index contributed by atoms with van der Waals surface area (Å²) < 4.78 is 37.5. The van der Waals surface area contributed by atoms with Gasteiger partial charge in [0.15, 0.2) is 0 Å². The van der Waals surface area contributed by atoms with Crippen molar-refractivity contribution in [1.29, 1.82) is 0 Å². The van der Waals surface area contributed by atoms with Crippen LogP contribution >= 0.6 is 0 Å². The minimum atomic E-state index is -3.54. The Hall–Kier alpha value is -2.98. The molecule has 2 aromatic heterocycles. The van der Waals surface area contributed by atoms with Crippen molar-refractivity contribution in [3.63, 3.8) is 0 Å². The van der Waals surface area contributed by atoms with Gasteiger partial charge in [-0.1, -0.05) is 13.8 Å². The number of piperidine rings is 1. The molecule has 0 N–H and O–H groups in total. The molecule has 4 rings (SSSR count). The van der Waals surface area contributed by atoms with Gasteiger partial charge in [0.2, 0.25) is 15.9 Å². The van der Waals surface area contributed by atoms with Crippen molar-refractivity contribution in [3.05, 3.63) is 54.3 Å². The SMILES string of the molecule is CCN(CC)S(=O)(=O)c1ccc(C(=O)N2CCC(c3nnc(-c4ccoc4)o3)CC2)cc1. The zero-order valence-electron chi connectivity index (χ0n) is 18.1. The fraction of sp³-hybridized carbons (Fsp3) is 0.409. The van der Waals surface area contributed by atoms with Crippen molar-refractivity contribution in [2.45, 2.75) is 37.5 Å². The molecular weight excluding hydrogens is 432 g/mol. The average Bonchev–Trinajstić information content (AvgIpc) is 3.52. The first-order chi connectivity index (χ1) is 15.4. The van der Waals surface area contributed by atoms with Crippen molar-refractivity contribution >= 4 is 15.9 Å². The molecule has 1 saturated heterocycles. The Morgan fingerprint density at radius 3 is 2.38 bits per heavy atom. The first-order valence-corrected chi connectivity index (χ1v) is 12.1. The van der Waals surface area contributed by atoms with Gasteiger partial charge in [-0.2, -0.15) is 4.31 Å². The Bertz CT molecular complexity index is 1140. The standard InChI is InChI=1S/C22H26N4O5S/c1-3-26(4-2)32(28,29)19-7-5-17(6-8-19)22(27)25-12-9-16(10-13-25)20-23-24-21(31-20)18-11-14-30-15-18/h5-8,11,14-16H,3-4,9-10,12-13H2,1-2H3. The molecule has 0 saturated carbocycles. The number of hydrogen-bond donors (Lipinski definition) is 0. The van der Waals surface area contributed by atoms with Crippen LogP contribution < -0.4 is 0 Å². The van der Waals surface area contributed by atoms with Crippen LogP contribution in [0.4, 0.5) is 0 Å². The van der Waals surface area contributed by atoms with Crippen molar-refractivity contribution in [2.24, 2.45) is 0 Å². The predicted molar refractivity (Wildman–Crippen MR) is 116 cm³/mol. The van der Waals surface area contributed by atoms with Gasteiger partial charge in [-0.05, 0) is 43.2 Å². The highest BCUT2D eigenvalue weighted by molar-refractivity contribution is 7.89. The number of nitrogens with zero attached hydrogens (tertiary/aromatic N) is 4. The van der Waals surface area contributed by atoms with Gasteiger partial charge in [0.05, 0.1) is 16.7 Å². The summed E-state index contributed by atoms with van der Waals surface area (Å²) in [4.78, 5) is 14.9. The predicted octanol–water partition coefficient (Wildman–Crippen LogP) is 3.38. The third-order valence-corrected chi connectivity index (χ3v) is 7.85. The van der Waals surface area contributed by atoms with E-state index in [1.54, 1.807) is 49.5 Å². The average molecular weight is 459 g/mol. The molecule has 3 aromatic rings. The Balaban J connectivity index is 1.38. The van der Waals surface area contributed by atoms with Crippen LogP contribution in [0.2, 0.25) is 0 Å². The minimum Gasteiger partial charge on any atom is -0.472 e. The van der Waals surface area contributed by atoms with Crippen LogP contribution in [0.1, 0.15) is 48.9 Å². The van der Waals surface area contributed by atoms with E-state index in [0.29, 0.717) is 56.4 Å². The zero-order chi connectivity index (χ0) is 22.7. The number of amides is 1. The van der Waals surface area contributed by atoms with E-state index in [4.69, 9.17) is 8.83 Å². The fourth-order valence-electron chi connectivity index (χ4n) is 3.90. The Morgan fingerprint density at radius 1 is 1.09 bits per heavy atom. The van der Waals surface area contributed by atoms with Gasteiger partial charge in [0.25, 0.3) is 11.8 Å². The van der Waals surface area contributed by atoms with Gasteiger partial charge in [-0.3, -0.25) is 4.79 Å². The van der Waals surface area contributed by atoms with E-state index in [0.717, 1.165) is 5.56 Å². The van der Waals surface area contributed by atoms with Gasteiger partial charge in [0.1, 0.15) is 6.26 Å². The highest BCUT2D eigenvalue weighted by Crippen LogP contribution is 2.30. The third-order valence-electron chi connectivity index (χ3n) is 5.78. The second-order valence-corrected chi connectivity index (χ2v) is 9.58. The second-order valence-electron chi connectivity index (χ2n) is 7.64. The monoisotopic (exact) mass is 458 g/mol. The smallest absolute Gasteiger partial charge is 0.253 e. The molecule has 170 valence electrons. The number of aromatic nitrogens is 2. The highest BCUT2D eigenvalue weighted by atomic mass is 32.2. The summed E-state index contributed by atoms with van der Waals surface area (Å²) in [6.07, 6.45) is 4.53. The van der Waals surface area contributed by atoms with Crippen LogP contribution in [0.15, 0.2) is 56.6 Å². The van der Waals surface area contributed by atoms with Crippen molar-refractivity contribution in [3.8, 4) is 11.5 Å². The first kappa shape index (κ1) is 22.2. The van der Waals surface area contributed by atoms with Gasteiger partial charge in [-0.25, -0.2) is 8.42 Å². The summed E-state index contributed by atoms with van der Waals surface area (Å²) in [5.41, 5.74) is 1.21. The normalized spacial score (nSPS) is 15.4. The van der Waals surface area contributed by atoms with Crippen LogP contribution in [0.3, 0.4) is 0 Å². The number of rotatable bonds is 7. The number of benzene rings is 1. The molecule has 1 aromatic carbocycles. The van der Waals surface area contributed by atoms with Crippen LogP contribution in [0.25, 0.3) is 11.5 Å². The van der Waals surface area contributed by atoms with Crippen molar-refractivity contribution in [1.82, 2.24) is 19.4 Å². The number of carbonyl (C=O) groups excluding carboxylic acids is 1. The number of likely N-dealkylation sites (tertiary alicyclic amines) is 1. The lowest BCUT2D eigenvalue weighted by Crippen LogP contribution is -2.38. The van der Waals surface area contributed by atoms with E-state index in [1.807, 2.05) is 0 Å².